The largest absolute Gasteiger partial charge is 0.478 e. The van der Waals surface area contributed by atoms with Crippen molar-refractivity contribution in [3.63, 3.8) is 0 Å². The van der Waals surface area contributed by atoms with Crippen molar-refractivity contribution in [2.75, 3.05) is 13.1 Å². The van der Waals surface area contributed by atoms with Gasteiger partial charge in [-0.25, -0.2) is 4.79 Å². The van der Waals surface area contributed by atoms with Crippen LogP contribution in [0.1, 0.15) is 44.0 Å². The fourth-order valence-corrected chi connectivity index (χ4v) is 3.75. The van der Waals surface area contributed by atoms with Crippen LogP contribution in [0.5, 0.6) is 0 Å². The van der Waals surface area contributed by atoms with Crippen LogP contribution in [-0.4, -0.2) is 39.5 Å². The standard InChI is InChI=1S/C21H24N2O4/c1-13-9-14(2)22(3)19(24)18(13)20(25)23-8-7-16(12-23)10-15-5-4-6-17(11-15)21(26)27/h4-6,9,11,16H,7-8,10,12H2,1-3H3,(H,26,27). The summed E-state index contributed by atoms with van der Waals surface area (Å²) >= 11 is 0. The van der Waals surface area contributed by atoms with Crippen LogP contribution in [0.3, 0.4) is 0 Å². The molecule has 6 heteroatoms. The van der Waals surface area contributed by atoms with E-state index in [9.17, 15) is 14.4 Å². The molecule has 1 unspecified atom stereocenters. The number of carboxylic acid groups (broad SMARTS) is 1. The zero-order valence-corrected chi connectivity index (χ0v) is 15.9. The van der Waals surface area contributed by atoms with E-state index in [-0.39, 0.29) is 28.5 Å². The van der Waals surface area contributed by atoms with E-state index in [1.54, 1.807) is 37.1 Å². The van der Waals surface area contributed by atoms with Crippen LogP contribution in [0.2, 0.25) is 0 Å². The molecule has 142 valence electrons. The van der Waals surface area contributed by atoms with Gasteiger partial charge in [-0.05, 0) is 61.9 Å². The minimum absolute atomic E-state index is 0.213. The van der Waals surface area contributed by atoms with Crippen molar-refractivity contribution in [2.24, 2.45) is 13.0 Å². The third-order valence-corrected chi connectivity index (χ3v) is 5.35. The van der Waals surface area contributed by atoms with Gasteiger partial charge in [-0.1, -0.05) is 12.1 Å². The van der Waals surface area contributed by atoms with Gasteiger partial charge in [0.05, 0.1) is 5.56 Å². The number of carbonyl (C=O) groups excluding carboxylic acids is 1. The number of benzene rings is 1. The summed E-state index contributed by atoms with van der Waals surface area (Å²) in [5.74, 6) is -0.895. The van der Waals surface area contributed by atoms with E-state index in [2.05, 4.69) is 0 Å². The van der Waals surface area contributed by atoms with Crippen LogP contribution >= 0.6 is 0 Å². The molecule has 1 fully saturated rings. The lowest BCUT2D eigenvalue weighted by Gasteiger charge is -2.19. The lowest BCUT2D eigenvalue weighted by atomic mass is 9.97. The molecule has 0 radical (unpaired) electrons. The molecule has 2 aromatic rings. The molecule has 27 heavy (non-hydrogen) atoms. The first kappa shape index (κ1) is 18.9. The zero-order valence-electron chi connectivity index (χ0n) is 15.9. The summed E-state index contributed by atoms with van der Waals surface area (Å²) in [6.45, 7) is 4.83. The molecule has 0 saturated carbocycles. The number of aryl methyl sites for hydroxylation is 2. The van der Waals surface area contributed by atoms with Gasteiger partial charge in [0, 0.05) is 25.8 Å². The fourth-order valence-electron chi connectivity index (χ4n) is 3.75. The maximum absolute atomic E-state index is 12.9. The second-order valence-corrected chi connectivity index (χ2v) is 7.32. The molecule has 6 nitrogen and oxygen atoms in total. The van der Waals surface area contributed by atoms with Gasteiger partial charge >= 0.3 is 5.97 Å². The molecule has 1 aliphatic heterocycles. The van der Waals surface area contributed by atoms with Crippen LogP contribution in [0, 0.1) is 19.8 Å². The van der Waals surface area contributed by atoms with E-state index in [0.29, 0.717) is 18.7 Å². The molecule has 1 aromatic carbocycles. The Balaban J connectivity index is 1.74. The number of rotatable bonds is 4. The van der Waals surface area contributed by atoms with Crippen molar-refractivity contribution in [1.29, 1.82) is 0 Å². The first-order valence-electron chi connectivity index (χ1n) is 9.06. The van der Waals surface area contributed by atoms with Crippen LogP contribution in [-0.2, 0) is 13.5 Å². The van der Waals surface area contributed by atoms with Gasteiger partial charge in [-0.2, -0.15) is 0 Å². The molecule has 1 aliphatic rings. The third kappa shape index (κ3) is 3.79. The maximum atomic E-state index is 12.9. The Hall–Kier alpha value is -2.89. The Bertz CT molecular complexity index is 961. The first-order chi connectivity index (χ1) is 12.8. The average Bonchev–Trinajstić information content (AvgIpc) is 3.08. The maximum Gasteiger partial charge on any atom is 0.335 e. The molecular weight excluding hydrogens is 344 g/mol. The lowest BCUT2D eigenvalue weighted by molar-refractivity contribution is 0.0696. The van der Waals surface area contributed by atoms with E-state index in [1.807, 2.05) is 19.1 Å². The number of amides is 1. The summed E-state index contributed by atoms with van der Waals surface area (Å²) in [7, 11) is 1.68. The minimum Gasteiger partial charge on any atom is -0.478 e. The monoisotopic (exact) mass is 368 g/mol. The molecule has 1 aromatic heterocycles. The highest BCUT2D eigenvalue weighted by atomic mass is 16.4. The number of carboxylic acids is 1. The highest BCUT2D eigenvalue weighted by molar-refractivity contribution is 5.95. The summed E-state index contributed by atoms with van der Waals surface area (Å²) < 4.78 is 1.51. The number of nitrogens with zero attached hydrogens (tertiary/aromatic N) is 2. The number of hydrogen-bond donors (Lipinski definition) is 1. The lowest BCUT2D eigenvalue weighted by Crippen LogP contribution is -2.36. The number of likely N-dealkylation sites (tertiary alicyclic amines) is 1. The van der Waals surface area contributed by atoms with Crippen LogP contribution in [0.4, 0.5) is 0 Å². The second kappa shape index (κ2) is 7.39. The van der Waals surface area contributed by atoms with E-state index in [4.69, 9.17) is 5.11 Å². The minimum atomic E-state index is -0.939. The topological polar surface area (TPSA) is 79.6 Å². The third-order valence-electron chi connectivity index (χ3n) is 5.35. The van der Waals surface area contributed by atoms with Crippen molar-refractivity contribution >= 4 is 11.9 Å². The number of aromatic nitrogens is 1. The highest BCUT2D eigenvalue weighted by Gasteiger charge is 2.29. The normalized spacial score (nSPS) is 16.6. The predicted molar refractivity (Wildman–Crippen MR) is 102 cm³/mol. The van der Waals surface area contributed by atoms with Gasteiger partial charge in [0.2, 0.25) is 0 Å². The van der Waals surface area contributed by atoms with E-state index in [1.165, 1.54) is 4.57 Å². The van der Waals surface area contributed by atoms with Crippen LogP contribution < -0.4 is 5.56 Å². The molecular formula is C21H24N2O4. The summed E-state index contributed by atoms with van der Waals surface area (Å²) in [6.07, 6.45) is 1.56. The Labute approximate surface area is 158 Å². The van der Waals surface area contributed by atoms with E-state index in [0.717, 1.165) is 24.1 Å². The van der Waals surface area contributed by atoms with Crippen LogP contribution in [0.15, 0.2) is 35.1 Å². The van der Waals surface area contributed by atoms with Gasteiger partial charge in [-0.3, -0.25) is 9.59 Å². The average molecular weight is 368 g/mol. The smallest absolute Gasteiger partial charge is 0.335 e. The Morgan fingerprint density at radius 3 is 2.67 bits per heavy atom. The quantitative estimate of drug-likeness (QED) is 0.899. The van der Waals surface area contributed by atoms with Crippen molar-refractivity contribution in [1.82, 2.24) is 9.47 Å². The number of hydrogen-bond acceptors (Lipinski definition) is 3. The molecule has 0 spiro atoms. The van der Waals surface area contributed by atoms with E-state index >= 15 is 0 Å². The Morgan fingerprint density at radius 2 is 1.96 bits per heavy atom. The molecule has 2 heterocycles. The summed E-state index contributed by atoms with van der Waals surface area (Å²) in [5, 5.41) is 9.12. The highest BCUT2D eigenvalue weighted by Crippen LogP contribution is 2.23. The van der Waals surface area contributed by atoms with Crippen molar-refractivity contribution < 1.29 is 14.7 Å². The molecule has 1 amide bonds. The van der Waals surface area contributed by atoms with Crippen molar-refractivity contribution in [2.45, 2.75) is 26.7 Å². The van der Waals surface area contributed by atoms with Gasteiger partial charge in [0.15, 0.2) is 0 Å². The number of aromatic carboxylic acids is 1. The van der Waals surface area contributed by atoms with Gasteiger partial charge in [0.25, 0.3) is 11.5 Å². The molecule has 0 bridgehead atoms. The summed E-state index contributed by atoms with van der Waals surface area (Å²) in [4.78, 5) is 38.3. The summed E-state index contributed by atoms with van der Waals surface area (Å²) in [5.41, 5.74) is 2.76. The molecule has 1 saturated heterocycles. The molecule has 0 aliphatic carbocycles. The van der Waals surface area contributed by atoms with Crippen molar-refractivity contribution in [3.8, 4) is 0 Å². The van der Waals surface area contributed by atoms with Gasteiger partial charge in [-0.15, -0.1) is 0 Å². The Kier molecular flexibility index (Phi) is 5.17. The van der Waals surface area contributed by atoms with Crippen molar-refractivity contribution in [3.05, 3.63) is 68.6 Å². The predicted octanol–water partition coefficient (Wildman–Crippen LogP) is 2.41. The molecule has 1 atom stereocenters. The molecule has 1 N–H and O–H groups in total. The second-order valence-electron chi connectivity index (χ2n) is 7.32. The van der Waals surface area contributed by atoms with Gasteiger partial charge < -0.3 is 14.6 Å². The fraction of sp³-hybridized carbons (Fsp3) is 0.381. The molecule has 3 rings (SSSR count). The van der Waals surface area contributed by atoms with Gasteiger partial charge in [0.1, 0.15) is 5.56 Å². The SMILES string of the molecule is Cc1cc(C)n(C)c(=O)c1C(=O)N1CCC(Cc2cccc(C(=O)O)c2)C1. The zero-order chi connectivity index (χ0) is 19.7. The number of pyridine rings is 1. The Morgan fingerprint density at radius 1 is 1.22 bits per heavy atom. The first-order valence-corrected chi connectivity index (χ1v) is 9.06. The summed E-state index contributed by atoms with van der Waals surface area (Å²) in [6, 6.07) is 8.78. The van der Waals surface area contributed by atoms with Crippen LogP contribution in [0.25, 0.3) is 0 Å². The number of carbonyl (C=O) groups is 2. The van der Waals surface area contributed by atoms with E-state index < -0.39 is 5.97 Å².